The molecule has 0 spiro atoms. The number of hydrogen-bond acceptors (Lipinski definition) is 0. The van der Waals surface area contributed by atoms with Crippen molar-refractivity contribution in [3.8, 4) is 0 Å². The van der Waals surface area contributed by atoms with Gasteiger partial charge in [-0.05, 0) is 37.2 Å². The zero-order valence-corrected chi connectivity index (χ0v) is 8.87. The molecule has 1 unspecified atom stereocenters. The third-order valence-electron chi connectivity index (χ3n) is 3.07. The molecular weight excluding hydrogens is 168 g/mol. The fraction of sp³-hybridized carbons (Fsp3) is 0.429. The van der Waals surface area contributed by atoms with Gasteiger partial charge in [0.05, 0.1) is 0 Å². The molecule has 0 bridgehead atoms. The lowest BCUT2D eigenvalue weighted by Gasteiger charge is -2.14. The predicted octanol–water partition coefficient (Wildman–Crippen LogP) is 4.29. The number of hydrogen-bond donors (Lipinski definition) is 0. The molecule has 74 valence electrons. The van der Waals surface area contributed by atoms with E-state index in [1.165, 1.54) is 31.2 Å². The van der Waals surface area contributed by atoms with Gasteiger partial charge in [0.25, 0.3) is 0 Å². The fourth-order valence-corrected chi connectivity index (χ4v) is 1.97. The zero-order chi connectivity index (χ0) is 9.80. The summed E-state index contributed by atoms with van der Waals surface area (Å²) < 4.78 is 0. The molecule has 0 saturated carbocycles. The highest BCUT2D eigenvalue weighted by Crippen LogP contribution is 2.31. The molecule has 0 saturated heterocycles. The second-order valence-electron chi connectivity index (χ2n) is 4.12. The van der Waals surface area contributed by atoms with Crippen molar-refractivity contribution in [1.29, 1.82) is 0 Å². The van der Waals surface area contributed by atoms with Gasteiger partial charge in [0.1, 0.15) is 0 Å². The predicted molar refractivity (Wildman–Crippen MR) is 61.4 cm³/mol. The lowest BCUT2D eigenvalue weighted by Crippen LogP contribution is -1.96. The molecule has 14 heavy (non-hydrogen) atoms. The average Bonchev–Trinajstić information content (AvgIpc) is 3.04. The third kappa shape index (κ3) is 2.47. The van der Waals surface area contributed by atoms with Crippen LogP contribution in [0.4, 0.5) is 0 Å². The Hall–Kier alpha value is -1.04. The monoisotopic (exact) mass is 186 g/mol. The summed E-state index contributed by atoms with van der Waals surface area (Å²) in [5.41, 5.74) is 3.18. The van der Waals surface area contributed by atoms with E-state index in [4.69, 9.17) is 0 Å². The number of allylic oxidation sites excluding steroid dienone is 2. The van der Waals surface area contributed by atoms with Crippen molar-refractivity contribution in [3.05, 3.63) is 47.5 Å². The largest absolute Gasteiger partial charge is 0.0810 e. The standard InChI is InChI=1S/C14H18/c1-2-13(11-10-12-8-9-12)14-6-4-3-5-7-14/h3-8,13H,2,9-11H2,1H3. The Morgan fingerprint density at radius 2 is 1.93 bits per heavy atom. The Balaban J connectivity index is 1.94. The Kier molecular flexibility index (Phi) is 3.03. The van der Waals surface area contributed by atoms with Gasteiger partial charge in [-0.25, -0.2) is 0 Å². The van der Waals surface area contributed by atoms with E-state index in [0.717, 1.165) is 5.92 Å². The van der Waals surface area contributed by atoms with Crippen molar-refractivity contribution in [2.24, 2.45) is 0 Å². The van der Waals surface area contributed by atoms with E-state index in [2.05, 4.69) is 43.3 Å². The molecule has 0 aliphatic heterocycles. The molecule has 1 aromatic rings. The second-order valence-corrected chi connectivity index (χ2v) is 4.12. The van der Waals surface area contributed by atoms with Crippen LogP contribution in [0, 0.1) is 0 Å². The molecule has 0 aromatic heterocycles. The van der Waals surface area contributed by atoms with Crippen LogP contribution < -0.4 is 0 Å². The van der Waals surface area contributed by atoms with Crippen LogP contribution in [0.2, 0.25) is 0 Å². The molecule has 0 nitrogen and oxygen atoms in total. The van der Waals surface area contributed by atoms with Crippen LogP contribution in [0.5, 0.6) is 0 Å². The molecule has 1 atom stereocenters. The molecular formula is C14H18. The summed E-state index contributed by atoms with van der Waals surface area (Å²) in [5, 5.41) is 0. The summed E-state index contributed by atoms with van der Waals surface area (Å²) in [7, 11) is 0. The van der Waals surface area contributed by atoms with E-state index in [9.17, 15) is 0 Å². The molecule has 0 fully saturated rings. The van der Waals surface area contributed by atoms with Gasteiger partial charge < -0.3 is 0 Å². The van der Waals surface area contributed by atoms with Gasteiger partial charge in [-0.1, -0.05) is 48.9 Å². The summed E-state index contributed by atoms with van der Waals surface area (Å²) in [4.78, 5) is 0. The molecule has 0 heterocycles. The molecule has 1 aliphatic carbocycles. The van der Waals surface area contributed by atoms with E-state index in [0.29, 0.717) is 0 Å². The van der Waals surface area contributed by atoms with E-state index in [-0.39, 0.29) is 0 Å². The van der Waals surface area contributed by atoms with Crippen molar-refractivity contribution < 1.29 is 0 Å². The smallest absolute Gasteiger partial charge is 0.0136 e. The summed E-state index contributed by atoms with van der Waals surface area (Å²) in [6.07, 6.45) is 7.53. The van der Waals surface area contributed by atoms with Crippen LogP contribution in [-0.4, -0.2) is 0 Å². The molecule has 0 N–H and O–H groups in total. The minimum Gasteiger partial charge on any atom is -0.0810 e. The first kappa shape index (κ1) is 9.51. The lowest BCUT2D eigenvalue weighted by molar-refractivity contribution is 0.608. The molecule has 0 heteroatoms. The van der Waals surface area contributed by atoms with Gasteiger partial charge in [0, 0.05) is 0 Å². The van der Waals surface area contributed by atoms with Crippen LogP contribution in [-0.2, 0) is 0 Å². The minimum atomic E-state index is 0.762. The lowest BCUT2D eigenvalue weighted by atomic mass is 9.91. The van der Waals surface area contributed by atoms with Crippen LogP contribution in [0.15, 0.2) is 42.0 Å². The van der Waals surface area contributed by atoms with Gasteiger partial charge in [0.15, 0.2) is 0 Å². The minimum absolute atomic E-state index is 0.762. The third-order valence-corrected chi connectivity index (χ3v) is 3.07. The Labute approximate surface area is 86.7 Å². The highest BCUT2D eigenvalue weighted by Gasteiger charge is 2.12. The highest BCUT2D eigenvalue weighted by atomic mass is 14.2. The van der Waals surface area contributed by atoms with Crippen LogP contribution in [0.3, 0.4) is 0 Å². The van der Waals surface area contributed by atoms with Crippen molar-refractivity contribution >= 4 is 0 Å². The van der Waals surface area contributed by atoms with Gasteiger partial charge >= 0.3 is 0 Å². The molecule has 2 rings (SSSR count). The quantitative estimate of drug-likeness (QED) is 0.602. The van der Waals surface area contributed by atoms with Gasteiger partial charge in [-0.3, -0.25) is 0 Å². The molecule has 1 aliphatic rings. The van der Waals surface area contributed by atoms with Gasteiger partial charge in [-0.15, -0.1) is 0 Å². The second kappa shape index (κ2) is 4.45. The van der Waals surface area contributed by atoms with Crippen LogP contribution >= 0.6 is 0 Å². The molecule has 0 amide bonds. The Morgan fingerprint density at radius 1 is 1.21 bits per heavy atom. The van der Waals surface area contributed by atoms with Crippen LogP contribution in [0.25, 0.3) is 0 Å². The van der Waals surface area contributed by atoms with E-state index >= 15 is 0 Å². The van der Waals surface area contributed by atoms with Crippen molar-refractivity contribution in [1.82, 2.24) is 0 Å². The zero-order valence-electron chi connectivity index (χ0n) is 8.87. The van der Waals surface area contributed by atoms with E-state index in [1.807, 2.05) is 0 Å². The fourth-order valence-electron chi connectivity index (χ4n) is 1.97. The SMILES string of the molecule is CCC(CCC1=CC1)c1ccccc1. The topological polar surface area (TPSA) is 0 Å². The van der Waals surface area contributed by atoms with Crippen molar-refractivity contribution in [2.75, 3.05) is 0 Å². The maximum Gasteiger partial charge on any atom is -0.0136 e. The maximum absolute atomic E-state index is 2.34. The average molecular weight is 186 g/mol. The number of rotatable bonds is 5. The van der Waals surface area contributed by atoms with Gasteiger partial charge in [0.2, 0.25) is 0 Å². The van der Waals surface area contributed by atoms with Crippen molar-refractivity contribution in [3.63, 3.8) is 0 Å². The maximum atomic E-state index is 2.34. The van der Waals surface area contributed by atoms with Crippen LogP contribution in [0.1, 0.15) is 44.1 Å². The summed E-state index contributed by atoms with van der Waals surface area (Å²) >= 11 is 0. The Morgan fingerprint density at radius 3 is 2.50 bits per heavy atom. The first-order valence-electron chi connectivity index (χ1n) is 5.63. The summed E-state index contributed by atoms with van der Waals surface area (Å²) in [6, 6.07) is 10.9. The first-order valence-corrected chi connectivity index (χ1v) is 5.63. The van der Waals surface area contributed by atoms with E-state index < -0.39 is 0 Å². The highest BCUT2D eigenvalue weighted by molar-refractivity contribution is 5.23. The van der Waals surface area contributed by atoms with Gasteiger partial charge in [-0.2, -0.15) is 0 Å². The first-order chi connectivity index (χ1) is 6.90. The summed E-state index contributed by atoms with van der Waals surface area (Å²) in [6.45, 7) is 2.29. The summed E-state index contributed by atoms with van der Waals surface area (Å²) in [5.74, 6) is 0.762. The van der Waals surface area contributed by atoms with E-state index in [1.54, 1.807) is 5.57 Å². The Bertz CT molecular complexity index is 308. The van der Waals surface area contributed by atoms with Crippen molar-refractivity contribution in [2.45, 2.75) is 38.5 Å². The normalized spacial score (nSPS) is 16.2. The number of benzene rings is 1. The molecule has 1 aromatic carbocycles. The molecule has 0 radical (unpaired) electrons.